The summed E-state index contributed by atoms with van der Waals surface area (Å²) in [6.45, 7) is 5.60. The fourth-order valence-electron chi connectivity index (χ4n) is 2.68. The molecule has 0 amide bonds. The Morgan fingerprint density at radius 2 is 2.06 bits per heavy atom. The lowest BCUT2D eigenvalue weighted by atomic mass is 9.95. The van der Waals surface area contributed by atoms with Crippen molar-refractivity contribution in [2.45, 2.75) is 25.3 Å². The summed E-state index contributed by atoms with van der Waals surface area (Å²) in [5.74, 6) is 3.02. The predicted molar refractivity (Wildman–Crippen MR) is 81.2 cm³/mol. The lowest BCUT2D eigenvalue weighted by Crippen LogP contribution is -2.29. The van der Waals surface area contributed by atoms with E-state index in [2.05, 4.69) is 42.2 Å². The van der Waals surface area contributed by atoms with Gasteiger partial charge in [0.1, 0.15) is 0 Å². The number of nitrogens with two attached hydrogens (primary N) is 1. The van der Waals surface area contributed by atoms with Crippen LogP contribution < -0.4 is 5.73 Å². The second-order valence-electron chi connectivity index (χ2n) is 4.99. The van der Waals surface area contributed by atoms with E-state index >= 15 is 0 Å². The van der Waals surface area contributed by atoms with Crippen LogP contribution in [0.4, 0.5) is 0 Å². The molecule has 0 spiro atoms. The average molecular weight is 264 g/mol. The number of thioether (sulfide) groups is 1. The Morgan fingerprint density at radius 1 is 1.28 bits per heavy atom. The Kier molecular flexibility index (Phi) is 5.54. The van der Waals surface area contributed by atoms with Crippen molar-refractivity contribution in [1.82, 2.24) is 4.90 Å². The highest BCUT2D eigenvalue weighted by Gasteiger charge is 2.30. The summed E-state index contributed by atoms with van der Waals surface area (Å²) in [4.78, 5) is 2.53. The zero-order valence-electron chi connectivity index (χ0n) is 11.2. The molecule has 0 saturated carbocycles. The smallest absolute Gasteiger partial charge is 0.0249 e. The molecule has 1 aromatic rings. The number of likely N-dealkylation sites (tertiary alicyclic amines) is 1. The number of hydrogen-bond donors (Lipinski definition) is 1. The van der Waals surface area contributed by atoms with Gasteiger partial charge in [-0.05, 0) is 30.0 Å². The van der Waals surface area contributed by atoms with Gasteiger partial charge in [0.05, 0.1) is 0 Å². The number of benzene rings is 1. The van der Waals surface area contributed by atoms with E-state index in [9.17, 15) is 0 Å². The minimum Gasteiger partial charge on any atom is -0.326 e. The lowest BCUT2D eigenvalue weighted by Gasteiger charge is -2.15. The molecule has 0 radical (unpaired) electrons. The maximum Gasteiger partial charge on any atom is 0.0249 e. The summed E-state index contributed by atoms with van der Waals surface area (Å²) in [6.07, 6.45) is 1.28. The van der Waals surface area contributed by atoms with E-state index in [-0.39, 0.29) is 0 Å². The molecule has 0 aliphatic carbocycles. The Hall–Kier alpha value is -0.510. The van der Waals surface area contributed by atoms with Gasteiger partial charge in [0, 0.05) is 25.0 Å². The molecule has 2 rings (SSSR count). The van der Waals surface area contributed by atoms with E-state index in [1.54, 1.807) is 0 Å². The molecule has 18 heavy (non-hydrogen) atoms. The van der Waals surface area contributed by atoms with Crippen molar-refractivity contribution in [2.75, 3.05) is 31.1 Å². The van der Waals surface area contributed by atoms with Gasteiger partial charge in [0.2, 0.25) is 0 Å². The third-order valence-electron chi connectivity index (χ3n) is 3.64. The van der Waals surface area contributed by atoms with Crippen LogP contribution in [0.5, 0.6) is 0 Å². The normalized spacial score (nSPS) is 24.6. The van der Waals surface area contributed by atoms with Crippen molar-refractivity contribution in [1.29, 1.82) is 0 Å². The second-order valence-corrected chi connectivity index (χ2v) is 6.38. The first-order valence-corrected chi connectivity index (χ1v) is 8.07. The highest BCUT2D eigenvalue weighted by Crippen LogP contribution is 2.26. The maximum absolute atomic E-state index is 6.28. The highest BCUT2D eigenvalue weighted by atomic mass is 32.2. The van der Waals surface area contributed by atoms with Crippen molar-refractivity contribution >= 4 is 11.8 Å². The molecular formula is C15H24N2S. The van der Waals surface area contributed by atoms with E-state index in [4.69, 9.17) is 5.73 Å². The van der Waals surface area contributed by atoms with Gasteiger partial charge in [-0.3, -0.25) is 0 Å². The Labute approximate surface area is 115 Å². The van der Waals surface area contributed by atoms with Crippen LogP contribution in [0.3, 0.4) is 0 Å². The van der Waals surface area contributed by atoms with Crippen LogP contribution in [-0.2, 0) is 0 Å². The van der Waals surface area contributed by atoms with Crippen LogP contribution >= 0.6 is 11.8 Å². The van der Waals surface area contributed by atoms with Crippen LogP contribution in [-0.4, -0.2) is 42.1 Å². The molecule has 2 nitrogen and oxygen atoms in total. The molecule has 1 fully saturated rings. The Bertz CT molecular complexity index is 342. The molecule has 1 heterocycles. The lowest BCUT2D eigenvalue weighted by molar-refractivity contribution is 0.333. The summed E-state index contributed by atoms with van der Waals surface area (Å²) in [6, 6.07) is 11.0. The van der Waals surface area contributed by atoms with E-state index < -0.39 is 0 Å². The molecule has 0 unspecified atom stereocenters. The summed E-state index contributed by atoms with van der Waals surface area (Å²) < 4.78 is 0. The van der Waals surface area contributed by atoms with Gasteiger partial charge >= 0.3 is 0 Å². The molecule has 1 saturated heterocycles. The van der Waals surface area contributed by atoms with Crippen molar-refractivity contribution in [3.63, 3.8) is 0 Å². The Morgan fingerprint density at radius 3 is 2.78 bits per heavy atom. The molecule has 2 atom stereocenters. The largest absolute Gasteiger partial charge is 0.326 e. The van der Waals surface area contributed by atoms with E-state index in [0.29, 0.717) is 12.0 Å². The topological polar surface area (TPSA) is 29.3 Å². The first kappa shape index (κ1) is 13.9. The third kappa shape index (κ3) is 3.74. The van der Waals surface area contributed by atoms with Crippen molar-refractivity contribution in [2.24, 2.45) is 5.73 Å². The molecule has 0 aromatic heterocycles. The van der Waals surface area contributed by atoms with Crippen LogP contribution in [0, 0.1) is 0 Å². The van der Waals surface area contributed by atoms with Gasteiger partial charge in [0.25, 0.3) is 0 Å². The van der Waals surface area contributed by atoms with Crippen LogP contribution in [0.2, 0.25) is 0 Å². The summed E-state index contributed by atoms with van der Waals surface area (Å²) in [5, 5.41) is 0. The van der Waals surface area contributed by atoms with Crippen LogP contribution in [0.1, 0.15) is 24.8 Å². The standard InChI is InChI=1S/C15H24N2S/c1-2-18-10-6-9-17-11-14(15(16)12-17)13-7-4-3-5-8-13/h3-5,7-8,14-15H,2,6,9-12,16H2,1H3/t14-,15+/m0/s1. The van der Waals surface area contributed by atoms with Crippen LogP contribution in [0.25, 0.3) is 0 Å². The average Bonchev–Trinajstić information content (AvgIpc) is 2.77. The molecular weight excluding hydrogens is 240 g/mol. The molecule has 2 N–H and O–H groups in total. The quantitative estimate of drug-likeness (QED) is 0.801. The van der Waals surface area contributed by atoms with Crippen molar-refractivity contribution in [3.05, 3.63) is 35.9 Å². The van der Waals surface area contributed by atoms with Gasteiger partial charge in [0.15, 0.2) is 0 Å². The zero-order chi connectivity index (χ0) is 12.8. The molecule has 100 valence electrons. The minimum absolute atomic E-state index is 0.297. The molecule has 1 aliphatic rings. The van der Waals surface area contributed by atoms with Gasteiger partial charge in [-0.25, -0.2) is 0 Å². The maximum atomic E-state index is 6.28. The number of rotatable bonds is 6. The molecule has 3 heteroatoms. The molecule has 1 aromatic carbocycles. The van der Waals surface area contributed by atoms with E-state index in [1.165, 1.54) is 30.0 Å². The zero-order valence-corrected chi connectivity index (χ0v) is 12.0. The van der Waals surface area contributed by atoms with Crippen molar-refractivity contribution in [3.8, 4) is 0 Å². The summed E-state index contributed by atoms with van der Waals surface area (Å²) in [7, 11) is 0. The summed E-state index contributed by atoms with van der Waals surface area (Å²) in [5.41, 5.74) is 7.68. The first-order valence-electron chi connectivity index (χ1n) is 6.92. The monoisotopic (exact) mass is 264 g/mol. The Balaban J connectivity index is 1.82. The highest BCUT2D eigenvalue weighted by molar-refractivity contribution is 7.99. The fourth-order valence-corrected chi connectivity index (χ4v) is 3.31. The SMILES string of the molecule is CCSCCCN1C[C@@H](N)[C@H](c2ccccc2)C1. The minimum atomic E-state index is 0.297. The number of nitrogens with zero attached hydrogens (tertiary/aromatic N) is 1. The first-order chi connectivity index (χ1) is 8.81. The molecule has 0 bridgehead atoms. The van der Waals surface area contributed by atoms with Gasteiger partial charge in [-0.2, -0.15) is 11.8 Å². The third-order valence-corrected chi connectivity index (χ3v) is 4.62. The predicted octanol–water partition coefficient (Wildman–Crippen LogP) is 2.56. The second kappa shape index (κ2) is 7.17. The van der Waals surface area contributed by atoms with Crippen molar-refractivity contribution < 1.29 is 0 Å². The van der Waals surface area contributed by atoms with Crippen LogP contribution in [0.15, 0.2) is 30.3 Å². The van der Waals surface area contributed by atoms with Gasteiger partial charge < -0.3 is 10.6 Å². The fraction of sp³-hybridized carbons (Fsp3) is 0.600. The van der Waals surface area contributed by atoms with Gasteiger partial charge in [-0.15, -0.1) is 0 Å². The van der Waals surface area contributed by atoms with Gasteiger partial charge in [-0.1, -0.05) is 37.3 Å². The summed E-state index contributed by atoms with van der Waals surface area (Å²) >= 11 is 2.03. The van der Waals surface area contributed by atoms with E-state index in [0.717, 1.165) is 13.1 Å². The number of hydrogen-bond acceptors (Lipinski definition) is 3. The molecule has 1 aliphatic heterocycles. The van der Waals surface area contributed by atoms with E-state index in [1.807, 2.05) is 11.8 Å².